The number of ether oxygens (including phenoxy) is 2. The lowest BCUT2D eigenvalue weighted by atomic mass is 9.79. The molecule has 3 N–H and O–H groups in total. The zero-order valence-corrected chi connectivity index (χ0v) is 16.8. The minimum absolute atomic E-state index is 0.122. The number of fused-ring (bicyclic) bond motifs is 1. The number of hydrogen-bond donors (Lipinski definition) is 3. The Balaban J connectivity index is 1.75. The third-order valence-corrected chi connectivity index (χ3v) is 5.09. The van der Waals surface area contributed by atoms with Crippen molar-refractivity contribution < 1.29 is 14.3 Å². The highest BCUT2D eigenvalue weighted by atomic mass is 16.5. The van der Waals surface area contributed by atoms with Crippen LogP contribution < -0.4 is 25.7 Å². The summed E-state index contributed by atoms with van der Waals surface area (Å²) in [5.74, 6) is -0.729. The summed E-state index contributed by atoms with van der Waals surface area (Å²) in [4.78, 5) is 32.7. The Bertz CT molecular complexity index is 1210. The van der Waals surface area contributed by atoms with E-state index < -0.39 is 23.3 Å². The van der Waals surface area contributed by atoms with Crippen molar-refractivity contribution in [2.45, 2.75) is 5.92 Å². The molecule has 1 amide bonds. The van der Waals surface area contributed by atoms with Crippen molar-refractivity contribution >= 4 is 23.4 Å². The highest BCUT2D eigenvalue weighted by Crippen LogP contribution is 2.38. The molecule has 0 bridgehead atoms. The largest absolute Gasteiger partial charge is 0.497 e. The molecule has 3 aromatic rings. The van der Waals surface area contributed by atoms with Crippen molar-refractivity contribution in [1.29, 1.82) is 5.26 Å². The van der Waals surface area contributed by atoms with Gasteiger partial charge in [-0.25, -0.2) is 0 Å². The first-order chi connectivity index (χ1) is 15.0. The molecule has 0 aliphatic carbocycles. The van der Waals surface area contributed by atoms with Gasteiger partial charge in [0.2, 0.25) is 11.9 Å². The van der Waals surface area contributed by atoms with E-state index in [0.717, 1.165) is 0 Å². The van der Waals surface area contributed by atoms with Crippen LogP contribution in [0.5, 0.6) is 11.5 Å². The maximum absolute atomic E-state index is 13.0. The van der Waals surface area contributed by atoms with Gasteiger partial charge in [0, 0.05) is 11.6 Å². The summed E-state index contributed by atoms with van der Waals surface area (Å²) < 4.78 is 10.3. The lowest BCUT2D eigenvalue weighted by Gasteiger charge is -2.28. The summed E-state index contributed by atoms with van der Waals surface area (Å²) in [5.41, 5.74) is 1.11. The number of aromatic nitrogens is 2. The molecule has 9 nitrogen and oxygen atoms in total. The summed E-state index contributed by atoms with van der Waals surface area (Å²) in [7, 11) is 3.11. The van der Waals surface area contributed by atoms with Crippen molar-refractivity contribution in [1.82, 2.24) is 9.97 Å². The third-order valence-electron chi connectivity index (χ3n) is 5.09. The first-order valence-electron chi connectivity index (χ1n) is 9.43. The fourth-order valence-corrected chi connectivity index (χ4v) is 3.55. The van der Waals surface area contributed by atoms with E-state index in [1.807, 2.05) is 6.07 Å². The molecule has 0 fully saturated rings. The Hall–Kier alpha value is -4.32. The molecule has 0 unspecified atom stereocenters. The molecule has 2 atom stereocenters. The number of carbonyl (C=O) groups is 1. The lowest BCUT2D eigenvalue weighted by molar-refractivity contribution is -0.119. The Kier molecular flexibility index (Phi) is 5.28. The molecule has 156 valence electrons. The number of benzene rings is 2. The van der Waals surface area contributed by atoms with Crippen LogP contribution in [0.4, 0.5) is 17.5 Å². The Morgan fingerprint density at radius 3 is 2.19 bits per heavy atom. The van der Waals surface area contributed by atoms with E-state index in [0.29, 0.717) is 22.7 Å². The highest BCUT2D eigenvalue weighted by Gasteiger charge is 2.40. The molecular weight excluding hydrogens is 398 g/mol. The van der Waals surface area contributed by atoms with Crippen molar-refractivity contribution in [2.24, 2.45) is 5.92 Å². The second kappa shape index (κ2) is 8.20. The normalized spacial score (nSPS) is 17.1. The minimum atomic E-state index is -1.07. The van der Waals surface area contributed by atoms with E-state index in [4.69, 9.17) is 9.47 Å². The van der Waals surface area contributed by atoms with Crippen LogP contribution in [0.1, 0.15) is 17.0 Å². The van der Waals surface area contributed by atoms with Gasteiger partial charge in [0.15, 0.2) is 0 Å². The number of nitriles is 1. The van der Waals surface area contributed by atoms with E-state index >= 15 is 0 Å². The number of carbonyl (C=O) groups excluding carboxylic acids is 1. The zero-order valence-electron chi connectivity index (χ0n) is 16.8. The third kappa shape index (κ3) is 3.79. The van der Waals surface area contributed by atoms with Crippen molar-refractivity contribution in [3.8, 4) is 17.6 Å². The van der Waals surface area contributed by atoms with Crippen molar-refractivity contribution in [3.05, 3.63) is 70.0 Å². The summed E-state index contributed by atoms with van der Waals surface area (Å²) in [6, 6.07) is 16.0. The smallest absolute Gasteiger partial charge is 0.258 e. The highest BCUT2D eigenvalue weighted by molar-refractivity contribution is 5.98. The number of hydrogen-bond acceptors (Lipinski definition) is 7. The maximum atomic E-state index is 13.0. The minimum Gasteiger partial charge on any atom is -0.497 e. The van der Waals surface area contributed by atoms with Crippen LogP contribution in [-0.4, -0.2) is 30.1 Å². The molecule has 31 heavy (non-hydrogen) atoms. The molecule has 0 saturated heterocycles. The van der Waals surface area contributed by atoms with Crippen LogP contribution in [-0.2, 0) is 4.79 Å². The number of methoxy groups -OCH3 is 2. The van der Waals surface area contributed by atoms with Crippen LogP contribution in [0, 0.1) is 17.2 Å². The van der Waals surface area contributed by atoms with Crippen LogP contribution in [0.15, 0.2) is 53.3 Å². The summed E-state index contributed by atoms with van der Waals surface area (Å²) >= 11 is 0. The van der Waals surface area contributed by atoms with E-state index in [9.17, 15) is 14.9 Å². The van der Waals surface area contributed by atoms with Crippen LogP contribution in [0.3, 0.4) is 0 Å². The maximum Gasteiger partial charge on any atom is 0.258 e. The standard InChI is InChI=1S/C22H19N5O4/c1-30-14-7-3-12(4-8-14)17-16(11-23)20(28)25-19-18(17)21(29)27-22(26-19)24-13-5-9-15(31-2)10-6-13/h3-10,16-17H,1-2H3,(H3,24,25,26,27,28,29)/t16-,17-/m0/s1. The van der Waals surface area contributed by atoms with Gasteiger partial charge < -0.3 is 20.1 Å². The number of aromatic amines is 1. The van der Waals surface area contributed by atoms with Crippen LogP contribution in [0.2, 0.25) is 0 Å². The van der Waals surface area contributed by atoms with Gasteiger partial charge in [0.05, 0.1) is 25.9 Å². The molecule has 0 saturated carbocycles. The summed E-state index contributed by atoms with van der Waals surface area (Å²) in [6.45, 7) is 0. The first kappa shape index (κ1) is 20.0. The molecule has 4 rings (SSSR count). The molecule has 1 aromatic heterocycles. The van der Waals surface area contributed by atoms with Gasteiger partial charge in [-0.3, -0.25) is 14.6 Å². The second-order valence-electron chi connectivity index (χ2n) is 6.88. The van der Waals surface area contributed by atoms with Gasteiger partial charge in [-0.05, 0) is 42.0 Å². The molecule has 2 aromatic carbocycles. The number of amides is 1. The second-order valence-corrected chi connectivity index (χ2v) is 6.88. The fraction of sp³-hybridized carbons (Fsp3) is 0.182. The summed E-state index contributed by atoms with van der Waals surface area (Å²) in [6.07, 6.45) is 0. The number of H-pyrrole nitrogens is 1. The number of nitrogens with zero attached hydrogens (tertiary/aromatic N) is 2. The quantitative estimate of drug-likeness (QED) is 0.582. The molecule has 1 aliphatic rings. The number of anilines is 3. The molecule has 0 spiro atoms. The van der Waals surface area contributed by atoms with E-state index in [-0.39, 0.29) is 17.3 Å². The van der Waals surface area contributed by atoms with E-state index in [2.05, 4.69) is 20.6 Å². The Labute approximate surface area is 177 Å². The van der Waals surface area contributed by atoms with Gasteiger partial charge in [0.1, 0.15) is 23.2 Å². The van der Waals surface area contributed by atoms with E-state index in [1.165, 1.54) is 0 Å². The van der Waals surface area contributed by atoms with Crippen LogP contribution >= 0.6 is 0 Å². The van der Waals surface area contributed by atoms with Gasteiger partial charge in [-0.15, -0.1) is 0 Å². The predicted molar refractivity (Wildman–Crippen MR) is 114 cm³/mol. The molecular formula is C22H19N5O4. The first-order valence-corrected chi connectivity index (χ1v) is 9.43. The number of rotatable bonds is 5. The number of nitrogens with one attached hydrogen (secondary N) is 3. The Morgan fingerprint density at radius 1 is 1.00 bits per heavy atom. The molecule has 9 heteroatoms. The van der Waals surface area contributed by atoms with Crippen LogP contribution in [0.25, 0.3) is 0 Å². The average Bonchev–Trinajstić information content (AvgIpc) is 2.78. The fourth-order valence-electron chi connectivity index (χ4n) is 3.55. The topological polar surface area (TPSA) is 129 Å². The van der Waals surface area contributed by atoms with Crippen molar-refractivity contribution in [3.63, 3.8) is 0 Å². The molecule has 1 aliphatic heterocycles. The zero-order chi connectivity index (χ0) is 22.0. The predicted octanol–water partition coefficient (Wildman–Crippen LogP) is 2.75. The monoisotopic (exact) mass is 417 g/mol. The van der Waals surface area contributed by atoms with Gasteiger partial charge >= 0.3 is 0 Å². The van der Waals surface area contributed by atoms with Gasteiger partial charge in [-0.1, -0.05) is 12.1 Å². The lowest BCUT2D eigenvalue weighted by Crippen LogP contribution is -2.38. The molecule has 0 radical (unpaired) electrons. The summed E-state index contributed by atoms with van der Waals surface area (Å²) in [5, 5.41) is 15.2. The SMILES string of the molecule is COc1ccc(Nc2nc3c(c(=O)[nH]2)[C@@H](c2ccc(OC)cc2)[C@H](C#N)C(=O)N3)cc1. The van der Waals surface area contributed by atoms with Crippen molar-refractivity contribution in [2.75, 3.05) is 24.9 Å². The van der Waals surface area contributed by atoms with Gasteiger partial charge in [-0.2, -0.15) is 10.2 Å². The molecule has 2 heterocycles. The Morgan fingerprint density at radius 2 is 1.61 bits per heavy atom. The average molecular weight is 417 g/mol. The van der Waals surface area contributed by atoms with E-state index in [1.54, 1.807) is 62.8 Å². The van der Waals surface area contributed by atoms with Gasteiger partial charge in [0.25, 0.3) is 5.56 Å².